The molecule has 0 aromatic heterocycles. The molecule has 0 heterocycles. The molecule has 1 aromatic rings. The molecule has 0 amide bonds. The standard InChI is InChI=1S/C12H15ClN2O6S/c1-7(2)5-9(12(16)17)14-22(20,21)11-6-8(13)3-4-10(11)15(18)19/h3-4,6-7,9,14H,5H2,1-2H3,(H,16,17)/t9-/m0/s1. The van der Waals surface area contributed by atoms with E-state index in [4.69, 9.17) is 16.7 Å². The maximum atomic E-state index is 12.3. The zero-order valence-electron chi connectivity index (χ0n) is 11.8. The van der Waals surface area contributed by atoms with Gasteiger partial charge in [-0.25, -0.2) is 8.42 Å². The average molecular weight is 351 g/mol. The van der Waals surface area contributed by atoms with Gasteiger partial charge < -0.3 is 5.11 Å². The van der Waals surface area contributed by atoms with Crippen molar-refractivity contribution in [1.29, 1.82) is 0 Å². The van der Waals surface area contributed by atoms with Crippen LogP contribution in [0.2, 0.25) is 5.02 Å². The van der Waals surface area contributed by atoms with Crippen LogP contribution in [0.3, 0.4) is 0 Å². The molecule has 1 aromatic carbocycles. The quantitative estimate of drug-likeness (QED) is 0.572. The van der Waals surface area contributed by atoms with Crippen molar-refractivity contribution in [1.82, 2.24) is 4.72 Å². The highest BCUT2D eigenvalue weighted by atomic mass is 35.5. The second-order valence-electron chi connectivity index (χ2n) is 5.01. The molecule has 10 heteroatoms. The third kappa shape index (κ3) is 4.65. The Balaban J connectivity index is 3.26. The third-order valence-electron chi connectivity index (χ3n) is 2.71. The number of hydrogen-bond acceptors (Lipinski definition) is 5. The molecule has 22 heavy (non-hydrogen) atoms. The number of aliphatic carboxylic acids is 1. The lowest BCUT2D eigenvalue weighted by atomic mass is 10.1. The number of hydrogen-bond donors (Lipinski definition) is 2. The molecule has 0 aliphatic heterocycles. The maximum Gasteiger partial charge on any atom is 0.321 e. The van der Waals surface area contributed by atoms with E-state index in [1.54, 1.807) is 13.8 Å². The molecule has 2 N–H and O–H groups in total. The Bertz CT molecular complexity index is 689. The fourth-order valence-corrected chi connectivity index (χ4v) is 3.41. The van der Waals surface area contributed by atoms with E-state index in [1.807, 2.05) is 4.72 Å². The lowest BCUT2D eigenvalue weighted by molar-refractivity contribution is -0.387. The van der Waals surface area contributed by atoms with Crippen molar-refractivity contribution in [2.45, 2.75) is 31.2 Å². The summed E-state index contributed by atoms with van der Waals surface area (Å²) in [6, 6.07) is 1.66. The van der Waals surface area contributed by atoms with Crippen LogP contribution in [0.25, 0.3) is 0 Å². The number of carboxylic acids is 1. The Kier molecular flexibility index (Phi) is 5.86. The van der Waals surface area contributed by atoms with Crippen molar-refractivity contribution >= 4 is 33.3 Å². The molecular weight excluding hydrogens is 336 g/mol. The first-order valence-electron chi connectivity index (χ1n) is 6.23. The van der Waals surface area contributed by atoms with Crippen molar-refractivity contribution in [3.63, 3.8) is 0 Å². The first-order chi connectivity index (χ1) is 10.0. The van der Waals surface area contributed by atoms with Gasteiger partial charge in [-0.3, -0.25) is 14.9 Å². The van der Waals surface area contributed by atoms with Gasteiger partial charge in [0.2, 0.25) is 10.0 Å². The highest BCUT2D eigenvalue weighted by Gasteiger charge is 2.31. The molecular formula is C12H15ClN2O6S. The molecule has 0 spiro atoms. The van der Waals surface area contributed by atoms with E-state index in [2.05, 4.69) is 0 Å². The van der Waals surface area contributed by atoms with E-state index in [0.29, 0.717) is 0 Å². The molecule has 1 rings (SSSR count). The van der Waals surface area contributed by atoms with Gasteiger partial charge in [-0.15, -0.1) is 0 Å². The van der Waals surface area contributed by atoms with Crippen LogP contribution < -0.4 is 4.72 Å². The molecule has 1 atom stereocenters. The first-order valence-corrected chi connectivity index (χ1v) is 8.09. The van der Waals surface area contributed by atoms with Gasteiger partial charge in [0.15, 0.2) is 4.90 Å². The normalized spacial score (nSPS) is 13.1. The molecule has 0 saturated carbocycles. The minimum Gasteiger partial charge on any atom is -0.480 e. The summed E-state index contributed by atoms with van der Waals surface area (Å²) in [5.74, 6) is -1.44. The van der Waals surface area contributed by atoms with Gasteiger partial charge in [0.1, 0.15) is 6.04 Å². The summed E-state index contributed by atoms with van der Waals surface area (Å²) < 4.78 is 26.5. The van der Waals surface area contributed by atoms with Crippen molar-refractivity contribution in [3.05, 3.63) is 33.3 Å². The Morgan fingerprint density at radius 3 is 2.50 bits per heavy atom. The molecule has 0 unspecified atom stereocenters. The second kappa shape index (κ2) is 7.03. The molecule has 0 fully saturated rings. The lowest BCUT2D eigenvalue weighted by Crippen LogP contribution is -2.41. The van der Waals surface area contributed by atoms with Gasteiger partial charge >= 0.3 is 5.97 Å². The fourth-order valence-electron chi connectivity index (χ4n) is 1.78. The number of carbonyl (C=O) groups is 1. The number of benzene rings is 1. The monoisotopic (exact) mass is 350 g/mol. The predicted octanol–water partition coefficient (Wildman–Crippen LogP) is 2.03. The van der Waals surface area contributed by atoms with Gasteiger partial charge in [-0.1, -0.05) is 25.4 Å². The molecule has 0 radical (unpaired) electrons. The molecule has 0 bridgehead atoms. The maximum absolute atomic E-state index is 12.3. The Hall–Kier alpha value is -1.71. The summed E-state index contributed by atoms with van der Waals surface area (Å²) in [4.78, 5) is 20.5. The van der Waals surface area contributed by atoms with Crippen LogP contribution in [0.15, 0.2) is 23.1 Å². The summed E-state index contributed by atoms with van der Waals surface area (Å²) >= 11 is 5.68. The second-order valence-corrected chi connectivity index (χ2v) is 7.13. The number of nitro groups is 1. The van der Waals surface area contributed by atoms with Crippen molar-refractivity contribution in [2.75, 3.05) is 0 Å². The number of nitro benzene ring substituents is 1. The van der Waals surface area contributed by atoms with Gasteiger partial charge in [-0.2, -0.15) is 4.72 Å². The fraction of sp³-hybridized carbons (Fsp3) is 0.417. The van der Waals surface area contributed by atoms with Crippen LogP contribution in [0.1, 0.15) is 20.3 Å². The number of nitrogens with one attached hydrogen (secondary N) is 1. The number of nitrogens with zero attached hydrogens (tertiary/aromatic N) is 1. The van der Waals surface area contributed by atoms with Crippen LogP contribution >= 0.6 is 11.6 Å². The first kappa shape index (κ1) is 18.3. The number of rotatable bonds is 7. The number of halogens is 1. The summed E-state index contributed by atoms with van der Waals surface area (Å²) in [7, 11) is -4.41. The van der Waals surface area contributed by atoms with Crippen molar-refractivity contribution in [3.8, 4) is 0 Å². The Morgan fingerprint density at radius 2 is 2.05 bits per heavy atom. The van der Waals surface area contributed by atoms with Gasteiger partial charge in [0.05, 0.1) is 4.92 Å². The third-order valence-corrected chi connectivity index (χ3v) is 4.45. The van der Waals surface area contributed by atoms with Crippen LogP contribution in [0.4, 0.5) is 5.69 Å². The van der Waals surface area contributed by atoms with E-state index in [-0.39, 0.29) is 17.4 Å². The lowest BCUT2D eigenvalue weighted by Gasteiger charge is -2.16. The van der Waals surface area contributed by atoms with Crippen molar-refractivity contribution < 1.29 is 23.2 Å². The zero-order chi connectivity index (χ0) is 17.1. The molecule has 0 saturated heterocycles. The van der Waals surface area contributed by atoms with Crippen LogP contribution in [0.5, 0.6) is 0 Å². The minimum atomic E-state index is -4.41. The van der Waals surface area contributed by atoms with Crippen LogP contribution in [-0.2, 0) is 14.8 Å². The minimum absolute atomic E-state index is 0.0123. The van der Waals surface area contributed by atoms with Crippen LogP contribution in [0, 0.1) is 16.0 Å². The van der Waals surface area contributed by atoms with E-state index >= 15 is 0 Å². The van der Waals surface area contributed by atoms with E-state index in [1.165, 1.54) is 6.07 Å². The molecule has 0 aliphatic carbocycles. The smallest absolute Gasteiger partial charge is 0.321 e. The van der Waals surface area contributed by atoms with E-state index < -0.39 is 37.5 Å². The van der Waals surface area contributed by atoms with E-state index in [0.717, 1.165) is 12.1 Å². The van der Waals surface area contributed by atoms with Crippen molar-refractivity contribution in [2.24, 2.45) is 5.92 Å². The van der Waals surface area contributed by atoms with Gasteiger partial charge in [0, 0.05) is 11.1 Å². The zero-order valence-corrected chi connectivity index (χ0v) is 13.4. The molecule has 122 valence electrons. The Labute approximate surface area is 132 Å². The average Bonchev–Trinajstić information content (AvgIpc) is 2.36. The van der Waals surface area contributed by atoms with Crippen LogP contribution in [-0.4, -0.2) is 30.5 Å². The molecule has 0 aliphatic rings. The SMILES string of the molecule is CC(C)C[C@H](NS(=O)(=O)c1cc(Cl)ccc1[N+](=O)[O-])C(=O)O. The number of carboxylic acid groups (broad SMARTS) is 1. The topological polar surface area (TPSA) is 127 Å². The number of sulfonamides is 1. The summed E-state index contributed by atoms with van der Waals surface area (Å²) in [5, 5.41) is 20.0. The van der Waals surface area contributed by atoms with E-state index in [9.17, 15) is 23.3 Å². The molecule has 8 nitrogen and oxygen atoms in total. The summed E-state index contributed by atoms with van der Waals surface area (Å²) in [6.45, 7) is 3.46. The summed E-state index contributed by atoms with van der Waals surface area (Å²) in [5.41, 5.74) is -0.675. The highest BCUT2D eigenvalue weighted by molar-refractivity contribution is 7.89. The van der Waals surface area contributed by atoms with Gasteiger partial charge in [0.25, 0.3) is 5.69 Å². The highest BCUT2D eigenvalue weighted by Crippen LogP contribution is 2.27. The summed E-state index contributed by atoms with van der Waals surface area (Å²) in [6.07, 6.45) is 0.0446. The predicted molar refractivity (Wildman–Crippen MR) is 79.3 cm³/mol. The largest absolute Gasteiger partial charge is 0.480 e. The van der Waals surface area contributed by atoms with Gasteiger partial charge in [-0.05, 0) is 24.5 Å². The Morgan fingerprint density at radius 1 is 1.45 bits per heavy atom.